The highest BCUT2D eigenvalue weighted by Gasteiger charge is 2.58. The highest BCUT2D eigenvalue weighted by molar-refractivity contribution is 6.27. The molecule has 0 aromatic heterocycles. The van der Waals surface area contributed by atoms with Gasteiger partial charge in [-0.15, -0.1) is 11.6 Å². The van der Waals surface area contributed by atoms with Gasteiger partial charge in [0.05, 0.1) is 10.8 Å². The van der Waals surface area contributed by atoms with Crippen LogP contribution in [-0.2, 0) is 0 Å². The molecule has 1 fully saturated rings. The third-order valence-corrected chi connectivity index (χ3v) is 4.17. The summed E-state index contributed by atoms with van der Waals surface area (Å²) in [4.78, 5) is 14.4. The highest BCUT2D eigenvalue weighted by Crippen LogP contribution is 2.53. The molecule has 1 spiro atoms. The molecule has 0 saturated carbocycles. The molecule has 78 valence electrons. The molecule has 0 amide bonds. The number of halogens is 1. The molecule has 15 heavy (non-hydrogen) atoms. The smallest absolute Gasteiger partial charge is 0.173 e. The molecule has 1 aromatic rings. The minimum atomic E-state index is -0.333. The van der Waals surface area contributed by atoms with Gasteiger partial charge in [-0.1, -0.05) is 24.3 Å². The van der Waals surface area contributed by atoms with Crippen molar-refractivity contribution >= 4 is 17.4 Å². The third kappa shape index (κ3) is 1.01. The minimum Gasteiger partial charge on any atom is -0.304 e. The van der Waals surface area contributed by atoms with E-state index in [-0.39, 0.29) is 16.6 Å². The Morgan fingerprint density at radius 1 is 1.40 bits per heavy atom. The Hall–Kier alpha value is -0.860. The van der Waals surface area contributed by atoms with Gasteiger partial charge in [-0.05, 0) is 12.6 Å². The van der Waals surface area contributed by atoms with Crippen LogP contribution in [0.25, 0.3) is 0 Å². The third-order valence-electron chi connectivity index (χ3n) is 3.52. The Morgan fingerprint density at radius 2 is 2.07 bits per heavy atom. The van der Waals surface area contributed by atoms with E-state index in [9.17, 15) is 4.79 Å². The van der Waals surface area contributed by atoms with E-state index in [1.54, 1.807) is 0 Å². The van der Waals surface area contributed by atoms with Crippen molar-refractivity contribution in [2.24, 2.45) is 5.41 Å². The lowest BCUT2D eigenvalue weighted by Crippen LogP contribution is -2.58. The fraction of sp³-hybridized carbons (Fsp3) is 0.417. The van der Waals surface area contributed by atoms with Crippen LogP contribution in [0.2, 0.25) is 0 Å². The maximum absolute atomic E-state index is 12.2. The van der Waals surface area contributed by atoms with Crippen LogP contribution in [0.4, 0.5) is 0 Å². The van der Waals surface area contributed by atoms with E-state index in [1.165, 1.54) is 0 Å². The molecular formula is C12H12ClNO. The number of nitrogens with zero attached hydrogens (tertiary/aromatic N) is 1. The predicted octanol–water partition coefficient (Wildman–Crippen LogP) is 2.09. The Morgan fingerprint density at radius 3 is 2.67 bits per heavy atom. The molecule has 2 aliphatic rings. The molecule has 1 atom stereocenters. The first-order valence-corrected chi connectivity index (χ1v) is 5.55. The van der Waals surface area contributed by atoms with Crippen LogP contribution >= 0.6 is 11.6 Å². The topological polar surface area (TPSA) is 20.3 Å². The number of rotatable bonds is 0. The summed E-state index contributed by atoms with van der Waals surface area (Å²) in [6, 6.07) is 7.71. The minimum absolute atomic E-state index is 0.141. The summed E-state index contributed by atoms with van der Waals surface area (Å²) in [6.07, 6.45) is 0. The van der Waals surface area contributed by atoms with Gasteiger partial charge in [-0.3, -0.25) is 4.79 Å². The molecule has 1 unspecified atom stereocenters. The normalized spacial score (nSPS) is 27.9. The number of Topliss-reactive ketones (excluding diaryl/α,β-unsaturated/α-hetero) is 1. The maximum atomic E-state index is 12.2. The number of fused-ring (bicyclic) bond motifs is 1. The van der Waals surface area contributed by atoms with Crippen LogP contribution in [0.3, 0.4) is 0 Å². The second kappa shape index (κ2) is 2.83. The zero-order valence-corrected chi connectivity index (χ0v) is 9.29. The Labute approximate surface area is 93.8 Å². The van der Waals surface area contributed by atoms with Crippen molar-refractivity contribution in [2.75, 3.05) is 20.1 Å². The van der Waals surface area contributed by atoms with Gasteiger partial charge in [0.15, 0.2) is 5.78 Å². The van der Waals surface area contributed by atoms with Crippen LogP contribution < -0.4 is 0 Å². The van der Waals surface area contributed by atoms with Crippen molar-refractivity contribution in [3.8, 4) is 0 Å². The van der Waals surface area contributed by atoms with Crippen molar-refractivity contribution in [2.45, 2.75) is 5.38 Å². The van der Waals surface area contributed by atoms with Gasteiger partial charge in [0.25, 0.3) is 0 Å². The summed E-state index contributed by atoms with van der Waals surface area (Å²) in [5.74, 6) is 0.233. The first-order valence-electron chi connectivity index (χ1n) is 5.11. The highest BCUT2D eigenvalue weighted by atomic mass is 35.5. The molecule has 2 nitrogen and oxygen atoms in total. The fourth-order valence-corrected chi connectivity index (χ4v) is 3.25. The SMILES string of the molecule is CN1CC2(C1)C(=O)c1ccccc1C2Cl. The Bertz CT molecular complexity index is 437. The van der Waals surface area contributed by atoms with Crippen LogP contribution in [0, 0.1) is 5.41 Å². The van der Waals surface area contributed by atoms with Crippen molar-refractivity contribution in [3.63, 3.8) is 0 Å². The molecule has 1 aromatic carbocycles. The van der Waals surface area contributed by atoms with Crippen LogP contribution in [-0.4, -0.2) is 30.8 Å². The standard InChI is InChI=1S/C12H12ClNO/c1-14-6-12(7-14)10(13)8-4-2-3-5-9(8)11(12)15/h2-5,10H,6-7H2,1H3. The van der Waals surface area contributed by atoms with Crippen molar-refractivity contribution in [3.05, 3.63) is 35.4 Å². The van der Waals surface area contributed by atoms with E-state index >= 15 is 0 Å². The average Bonchev–Trinajstić information content (AvgIpc) is 2.42. The first-order chi connectivity index (χ1) is 7.15. The number of benzene rings is 1. The van der Waals surface area contributed by atoms with Gasteiger partial charge in [0, 0.05) is 18.7 Å². The van der Waals surface area contributed by atoms with E-state index in [0.717, 1.165) is 24.2 Å². The van der Waals surface area contributed by atoms with Gasteiger partial charge < -0.3 is 4.90 Å². The van der Waals surface area contributed by atoms with Crippen molar-refractivity contribution in [1.29, 1.82) is 0 Å². The number of alkyl halides is 1. The van der Waals surface area contributed by atoms with E-state index in [2.05, 4.69) is 4.90 Å². The Balaban J connectivity index is 2.10. The number of carbonyl (C=O) groups is 1. The molecule has 0 N–H and O–H groups in total. The van der Waals surface area contributed by atoms with E-state index < -0.39 is 0 Å². The molecule has 0 radical (unpaired) electrons. The summed E-state index contributed by atoms with van der Waals surface area (Å²) in [5.41, 5.74) is 1.50. The maximum Gasteiger partial charge on any atom is 0.173 e. The van der Waals surface area contributed by atoms with Gasteiger partial charge in [0.1, 0.15) is 0 Å². The van der Waals surface area contributed by atoms with Gasteiger partial charge in [-0.25, -0.2) is 0 Å². The van der Waals surface area contributed by atoms with Crippen LogP contribution in [0.1, 0.15) is 21.3 Å². The summed E-state index contributed by atoms with van der Waals surface area (Å²) >= 11 is 6.41. The number of hydrogen-bond donors (Lipinski definition) is 0. The second-order valence-corrected chi connectivity index (χ2v) is 5.04. The predicted molar refractivity (Wildman–Crippen MR) is 59.3 cm³/mol. The lowest BCUT2D eigenvalue weighted by molar-refractivity contribution is 0.0257. The molecule has 1 saturated heterocycles. The Kier molecular flexibility index (Phi) is 1.77. The van der Waals surface area contributed by atoms with E-state index in [4.69, 9.17) is 11.6 Å². The lowest BCUT2D eigenvalue weighted by Gasteiger charge is -2.46. The number of hydrogen-bond acceptors (Lipinski definition) is 2. The summed E-state index contributed by atoms with van der Waals surface area (Å²) in [6.45, 7) is 1.57. The average molecular weight is 222 g/mol. The van der Waals surface area contributed by atoms with E-state index in [1.807, 2.05) is 31.3 Å². The largest absolute Gasteiger partial charge is 0.304 e. The summed E-state index contributed by atoms with van der Waals surface area (Å²) in [7, 11) is 2.02. The van der Waals surface area contributed by atoms with Crippen LogP contribution in [0.5, 0.6) is 0 Å². The first kappa shape index (κ1) is 9.37. The molecule has 1 aliphatic heterocycles. The molecular weight excluding hydrogens is 210 g/mol. The lowest BCUT2D eigenvalue weighted by atomic mass is 9.76. The van der Waals surface area contributed by atoms with Crippen molar-refractivity contribution in [1.82, 2.24) is 4.90 Å². The second-order valence-electron chi connectivity index (χ2n) is 4.61. The fourth-order valence-electron chi connectivity index (χ4n) is 2.83. The number of carbonyl (C=O) groups excluding carboxylic acids is 1. The zero-order chi connectivity index (χ0) is 10.6. The number of ketones is 1. The van der Waals surface area contributed by atoms with Gasteiger partial charge >= 0.3 is 0 Å². The summed E-state index contributed by atoms with van der Waals surface area (Å²) < 4.78 is 0. The van der Waals surface area contributed by atoms with Crippen LogP contribution in [0.15, 0.2) is 24.3 Å². The quantitative estimate of drug-likeness (QED) is 0.626. The monoisotopic (exact) mass is 221 g/mol. The molecule has 1 aliphatic carbocycles. The molecule has 3 heteroatoms. The summed E-state index contributed by atoms with van der Waals surface area (Å²) in [5, 5.41) is -0.141. The number of likely N-dealkylation sites (tertiary alicyclic amines) is 1. The van der Waals surface area contributed by atoms with Gasteiger partial charge in [0.2, 0.25) is 0 Å². The molecule has 1 heterocycles. The molecule has 3 rings (SSSR count). The zero-order valence-electron chi connectivity index (χ0n) is 8.53. The van der Waals surface area contributed by atoms with Gasteiger partial charge in [-0.2, -0.15) is 0 Å². The van der Waals surface area contributed by atoms with Crippen molar-refractivity contribution < 1.29 is 4.79 Å². The molecule has 0 bridgehead atoms. The van der Waals surface area contributed by atoms with E-state index in [0.29, 0.717) is 0 Å².